The molecule has 2 rings (SSSR count). The Balaban J connectivity index is 1.83. The van der Waals surface area contributed by atoms with E-state index in [-0.39, 0.29) is 18.0 Å². The van der Waals surface area contributed by atoms with Crippen LogP contribution in [-0.2, 0) is 4.79 Å². The normalized spacial score (nSPS) is 24.4. The van der Waals surface area contributed by atoms with Gasteiger partial charge in [-0.25, -0.2) is 0 Å². The van der Waals surface area contributed by atoms with Crippen LogP contribution in [0, 0.1) is 11.3 Å². The molecule has 0 aromatic rings. The van der Waals surface area contributed by atoms with Gasteiger partial charge in [-0.15, -0.1) is 0 Å². The van der Waals surface area contributed by atoms with Gasteiger partial charge in [0.05, 0.1) is 18.2 Å². The molecule has 0 spiro atoms. The summed E-state index contributed by atoms with van der Waals surface area (Å²) >= 11 is 0. The van der Waals surface area contributed by atoms with Crippen LogP contribution >= 0.6 is 0 Å². The van der Waals surface area contributed by atoms with E-state index in [1.807, 2.05) is 11.8 Å². The minimum atomic E-state index is -0.0163. The molecule has 20 heavy (non-hydrogen) atoms. The molecule has 112 valence electrons. The Bertz CT molecular complexity index is 365. The first-order valence-corrected chi connectivity index (χ1v) is 7.84. The molecule has 0 aromatic carbocycles. The van der Waals surface area contributed by atoms with Crippen LogP contribution in [-0.4, -0.2) is 72.0 Å². The zero-order valence-corrected chi connectivity index (χ0v) is 12.7. The van der Waals surface area contributed by atoms with E-state index >= 15 is 0 Å². The summed E-state index contributed by atoms with van der Waals surface area (Å²) < 4.78 is 0. The van der Waals surface area contributed by atoms with Crippen molar-refractivity contribution in [1.82, 2.24) is 14.7 Å². The number of hydrogen-bond donors (Lipinski definition) is 0. The highest BCUT2D eigenvalue weighted by molar-refractivity contribution is 5.81. The lowest BCUT2D eigenvalue weighted by molar-refractivity contribution is -0.136. The zero-order chi connectivity index (χ0) is 14.5. The van der Waals surface area contributed by atoms with E-state index in [0.29, 0.717) is 0 Å². The smallest absolute Gasteiger partial charge is 0.239 e. The van der Waals surface area contributed by atoms with Crippen LogP contribution in [0.5, 0.6) is 0 Å². The van der Waals surface area contributed by atoms with Gasteiger partial charge in [-0.3, -0.25) is 14.6 Å². The van der Waals surface area contributed by atoms with Gasteiger partial charge >= 0.3 is 0 Å². The number of hydrogen-bond acceptors (Lipinski definition) is 4. The quantitative estimate of drug-likeness (QED) is 0.767. The third-order valence-corrected chi connectivity index (χ3v) is 4.65. The molecule has 2 aliphatic heterocycles. The van der Waals surface area contributed by atoms with E-state index in [2.05, 4.69) is 22.8 Å². The zero-order valence-electron chi connectivity index (χ0n) is 12.7. The van der Waals surface area contributed by atoms with Crippen molar-refractivity contribution in [2.75, 3.05) is 39.3 Å². The van der Waals surface area contributed by atoms with Crippen molar-refractivity contribution in [2.45, 2.75) is 45.2 Å². The average Bonchev–Trinajstić information content (AvgIpc) is 3.02. The number of carbonyl (C=O) groups excluding carboxylic acids is 1. The predicted octanol–water partition coefficient (Wildman–Crippen LogP) is 0.917. The molecule has 5 nitrogen and oxygen atoms in total. The van der Waals surface area contributed by atoms with Crippen LogP contribution in [0.2, 0.25) is 0 Å². The minimum absolute atomic E-state index is 0.0163. The van der Waals surface area contributed by atoms with Crippen LogP contribution < -0.4 is 0 Å². The van der Waals surface area contributed by atoms with E-state index in [0.717, 1.165) is 58.5 Å². The molecule has 5 heteroatoms. The fourth-order valence-electron chi connectivity index (χ4n) is 3.23. The van der Waals surface area contributed by atoms with Gasteiger partial charge in [0.15, 0.2) is 0 Å². The van der Waals surface area contributed by atoms with Crippen LogP contribution in [0.3, 0.4) is 0 Å². The molecule has 2 saturated heterocycles. The van der Waals surface area contributed by atoms with E-state index in [4.69, 9.17) is 5.26 Å². The Hall–Kier alpha value is -1.12. The lowest BCUT2D eigenvalue weighted by Crippen LogP contribution is -2.55. The molecule has 2 atom stereocenters. The lowest BCUT2D eigenvalue weighted by atomic mass is 10.1. The van der Waals surface area contributed by atoms with Gasteiger partial charge in [0.25, 0.3) is 0 Å². The van der Waals surface area contributed by atoms with E-state index in [1.165, 1.54) is 0 Å². The molecule has 1 amide bonds. The lowest BCUT2D eigenvalue weighted by Gasteiger charge is -2.39. The van der Waals surface area contributed by atoms with Crippen molar-refractivity contribution >= 4 is 5.91 Å². The Morgan fingerprint density at radius 1 is 1.10 bits per heavy atom. The van der Waals surface area contributed by atoms with Crippen molar-refractivity contribution in [3.8, 4) is 6.07 Å². The number of carbonyl (C=O) groups is 1. The summed E-state index contributed by atoms with van der Waals surface area (Å²) in [7, 11) is 0. The summed E-state index contributed by atoms with van der Waals surface area (Å²) in [5.74, 6) is 0.281. The van der Waals surface area contributed by atoms with Gasteiger partial charge in [-0.2, -0.15) is 5.26 Å². The molecule has 0 bridgehead atoms. The van der Waals surface area contributed by atoms with Crippen LogP contribution in [0.4, 0.5) is 0 Å². The average molecular weight is 278 g/mol. The maximum absolute atomic E-state index is 12.4. The van der Waals surface area contributed by atoms with E-state index in [1.54, 1.807) is 0 Å². The predicted molar refractivity (Wildman–Crippen MR) is 78.1 cm³/mol. The molecule has 0 radical (unpaired) electrons. The van der Waals surface area contributed by atoms with Gasteiger partial charge in [0, 0.05) is 39.3 Å². The number of nitriles is 1. The monoisotopic (exact) mass is 278 g/mol. The van der Waals surface area contributed by atoms with Crippen molar-refractivity contribution < 1.29 is 4.79 Å². The fourth-order valence-corrected chi connectivity index (χ4v) is 3.23. The SMILES string of the molecule is CCC(C#N)N1CCN(C(C)C(=O)N2CCCC2)CC1. The first-order valence-electron chi connectivity index (χ1n) is 7.84. The Labute approximate surface area is 122 Å². The third kappa shape index (κ3) is 3.31. The third-order valence-electron chi connectivity index (χ3n) is 4.65. The molecule has 0 aliphatic carbocycles. The molecule has 2 aliphatic rings. The van der Waals surface area contributed by atoms with Crippen LogP contribution in [0.15, 0.2) is 0 Å². The minimum Gasteiger partial charge on any atom is -0.341 e. The van der Waals surface area contributed by atoms with Crippen LogP contribution in [0.1, 0.15) is 33.1 Å². The highest BCUT2D eigenvalue weighted by atomic mass is 16.2. The standard InChI is InChI=1S/C15H26N4O/c1-3-14(12-16)18-10-8-17(9-11-18)13(2)15(20)19-6-4-5-7-19/h13-14H,3-11H2,1-2H3. The topological polar surface area (TPSA) is 50.6 Å². The summed E-state index contributed by atoms with van der Waals surface area (Å²) in [6.45, 7) is 9.49. The van der Waals surface area contributed by atoms with Gasteiger partial charge in [0.1, 0.15) is 0 Å². The molecule has 0 saturated carbocycles. The molecule has 0 N–H and O–H groups in total. The molecule has 2 unspecified atom stereocenters. The Morgan fingerprint density at radius 3 is 2.15 bits per heavy atom. The van der Waals surface area contributed by atoms with Gasteiger partial charge < -0.3 is 4.90 Å². The second-order valence-corrected chi connectivity index (χ2v) is 5.83. The van der Waals surface area contributed by atoms with Crippen molar-refractivity contribution in [1.29, 1.82) is 5.26 Å². The van der Waals surface area contributed by atoms with E-state index in [9.17, 15) is 4.79 Å². The summed E-state index contributed by atoms with van der Waals surface area (Å²) in [6.07, 6.45) is 3.16. The summed E-state index contributed by atoms with van der Waals surface area (Å²) in [5, 5.41) is 9.12. The van der Waals surface area contributed by atoms with E-state index < -0.39 is 0 Å². The van der Waals surface area contributed by atoms with Gasteiger partial charge in [0.2, 0.25) is 5.91 Å². The number of rotatable bonds is 4. The van der Waals surface area contributed by atoms with Crippen molar-refractivity contribution in [2.24, 2.45) is 0 Å². The molecular formula is C15H26N4O. The molecule has 0 aromatic heterocycles. The number of nitrogens with zero attached hydrogens (tertiary/aromatic N) is 4. The van der Waals surface area contributed by atoms with Crippen molar-refractivity contribution in [3.63, 3.8) is 0 Å². The summed E-state index contributed by atoms with van der Waals surface area (Å²) in [6, 6.07) is 2.38. The summed E-state index contributed by atoms with van der Waals surface area (Å²) in [4.78, 5) is 18.9. The largest absolute Gasteiger partial charge is 0.341 e. The number of piperazine rings is 1. The first kappa shape index (κ1) is 15.3. The fraction of sp³-hybridized carbons (Fsp3) is 0.867. The summed E-state index contributed by atoms with van der Waals surface area (Å²) in [5.41, 5.74) is 0. The first-order chi connectivity index (χ1) is 9.67. The number of likely N-dealkylation sites (tertiary alicyclic amines) is 1. The van der Waals surface area contributed by atoms with Gasteiger partial charge in [-0.05, 0) is 26.2 Å². The Kier molecular flexibility index (Phi) is 5.38. The van der Waals surface area contributed by atoms with Gasteiger partial charge in [-0.1, -0.05) is 6.92 Å². The highest BCUT2D eigenvalue weighted by Gasteiger charge is 2.31. The van der Waals surface area contributed by atoms with Crippen LogP contribution in [0.25, 0.3) is 0 Å². The molecule has 2 fully saturated rings. The second kappa shape index (κ2) is 7.05. The molecule has 2 heterocycles. The maximum atomic E-state index is 12.4. The maximum Gasteiger partial charge on any atom is 0.239 e. The highest BCUT2D eigenvalue weighted by Crippen LogP contribution is 2.15. The second-order valence-electron chi connectivity index (χ2n) is 5.83. The molecular weight excluding hydrogens is 252 g/mol. The number of amides is 1. The van der Waals surface area contributed by atoms with Crippen molar-refractivity contribution in [3.05, 3.63) is 0 Å². The Morgan fingerprint density at radius 2 is 1.65 bits per heavy atom.